The van der Waals surface area contributed by atoms with E-state index in [2.05, 4.69) is 9.82 Å². The highest BCUT2D eigenvalue weighted by molar-refractivity contribution is 7.89. The average Bonchev–Trinajstić information content (AvgIpc) is 3.15. The molecule has 0 bridgehead atoms. The van der Waals surface area contributed by atoms with Crippen LogP contribution in [0.5, 0.6) is 5.75 Å². The lowest BCUT2D eigenvalue weighted by atomic mass is 10.00. The van der Waals surface area contributed by atoms with Gasteiger partial charge >= 0.3 is 12.1 Å². The summed E-state index contributed by atoms with van der Waals surface area (Å²) < 4.78 is 72.8. The van der Waals surface area contributed by atoms with E-state index in [1.165, 1.54) is 36.1 Å². The summed E-state index contributed by atoms with van der Waals surface area (Å²) in [4.78, 5) is 22.1. The van der Waals surface area contributed by atoms with Crippen molar-refractivity contribution in [2.24, 2.45) is 7.05 Å². The first-order valence-corrected chi connectivity index (χ1v) is 11.0. The van der Waals surface area contributed by atoms with E-state index in [1.807, 2.05) is 0 Å². The first-order chi connectivity index (χ1) is 16.0. The van der Waals surface area contributed by atoms with Crippen molar-refractivity contribution in [3.8, 4) is 16.9 Å². The highest BCUT2D eigenvalue weighted by Crippen LogP contribution is 2.34. The number of nitrogens with zero attached hydrogens (tertiary/aromatic N) is 2. The van der Waals surface area contributed by atoms with Gasteiger partial charge in [0.15, 0.2) is 0 Å². The number of ether oxygens (including phenoxy) is 1. The number of nitrogens with one attached hydrogen (secondary N) is 1. The number of aldehydes is 1. The molecular formula is C21H18F3N3O6S. The van der Waals surface area contributed by atoms with E-state index in [0.717, 1.165) is 24.3 Å². The fraction of sp³-hybridized carbons (Fsp3) is 0.190. The van der Waals surface area contributed by atoms with Crippen molar-refractivity contribution >= 4 is 22.3 Å². The van der Waals surface area contributed by atoms with Gasteiger partial charge < -0.3 is 14.6 Å². The molecule has 0 aliphatic heterocycles. The number of sulfonamides is 1. The number of carbonyl (C=O) groups is 2. The molecular weight excluding hydrogens is 479 g/mol. The Morgan fingerprint density at radius 1 is 1.21 bits per heavy atom. The van der Waals surface area contributed by atoms with Crippen LogP contribution < -0.4 is 9.46 Å². The Kier molecular flexibility index (Phi) is 7.07. The van der Waals surface area contributed by atoms with Gasteiger partial charge in [-0.25, -0.2) is 17.9 Å². The van der Waals surface area contributed by atoms with Gasteiger partial charge in [0.05, 0.1) is 34.5 Å². The molecule has 0 spiro atoms. The second kappa shape index (κ2) is 9.65. The van der Waals surface area contributed by atoms with Crippen LogP contribution in [0, 0.1) is 0 Å². The summed E-state index contributed by atoms with van der Waals surface area (Å²) in [7, 11) is -2.77. The molecule has 3 aromatic rings. The smallest absolute Gasteiger partial charge is 0.416 e. The van der Waals surface area contributed by atoms with Gasteiger partial charge in [0.2, 0.25) is 10.0 Å². The number of halogens is 3. The molecule has 0 fully saturated rings. The van der Waals surface area contributed by atoms with E-state index in [4.69, 9.17) is 4.74 Å². The van der Waals surface area contributed by atoms with Crippen LogP contribution in [-0.4, -0.2) is 42.1 Å². The largest absolute Gasteiger partial charge is 0.487 e. The van der Waals surface area contributed by atoms with Gasteiger partial charge in [0.1, 0.15) is 18.6 Å². The number of aryl methyl sites for hydroxylation is 1. The average molecular weight is 497 g/mol. The molecule has 0 aliphatic carbocycles. The molecule has 0 saturated heterocycles. The second-order valence-corrected chi connectivity index (χ2v) is 8.68. The Hall–Kier alpha value is -3.71. The summed E-state index contributed by atoms with van der Waals surface area (Å²) in [5.74, 6) is -1.30. The summed E-state index contributed by atoms with van der Waals surface area (Å²) >= 11 is 0. The number of alkyl halides is 3. The van der Waals surface area contributed by atoms with Crippen molar-refractivity contribution < 1.29 is 41.0 Å². The number of benzene rings is 2. The maximum atomic E-state index is 12.8. The molecule has 0 unspecified atom stereocenters. The third-order valence-corrected chi connectivity index (χ3v) is 6.26. The number of carboxylic acids is 1. The summed E-state index contributed by atoms with van der Waals surface area (Å²) in [5.41, 5.74) is -0.973. The molecule has 1 heterocycles. The SMILES string of the molecule is Cn1ncc(-c2c(C(=O)O)cccc2S(=O)(=O)NCC=O)c1COc1ccc(C(F)(F)F)cc1. The minimum Gasteiger partial charge on any atom is -0.487 e. The van der Waals surface area contributed by atoms with Crippen LogP contribution in [0.3, 0.4) is 0 Å². The van der Waals surface area contributed by atoms with Crippen LogP contribution in [0.1, 0.15) is 21.6 Å². The molecule has 2 N–H and O–H groups in total. The number of hydrogen-bond acceptors (Lipinski definition) is 6. The van der Waals surface area contributed by atoms with Gasteiger partial charge in [-0.15, -0.1) is 0 Å². The van der Waals surface area contributed by atoms with Crippen molar-refractivity contribution in [1.82, 2.24) is 14.5 Å². The first-order valence-electron chi connectivity index (χ1n) is 9.56. The molecule has 2 aromatic carbocycles. The van der Waals surface area contributed by atoms with Crippen LogP contribution in [-0.2, 0) is 34.6 Å². The van der Waals surface area contributed by atoms with Crippen molar-refractivity contribution in [3.05, 3.63) is 65.5 Å². The third-order valence-electron chi connectivity index (χ3n) is 4.79. The molecule has 1 aromatic heterocycles. The Balaban J connectivity index is 2.04. The third kappa shape index (κ3) is 5.26. The van der Waals surface area contributed by atoms with E-state index < -0.39 is 39.2 Å². The van der Waals surface area contributed by atoms with E-state index in [1.54, 1.807) is 0 Å². The van der Waals surface area contributed by atoms with Gasteiger partial charge in [0.25, 0.3) is 0 Å². The summed E-state index contributed by atoms with van der Waals surface area (Å²) in [6, 6.07) is 7.60. The quantitative estimate of drug-likeness (QED) is 0.435. The lowest BCUT2D eigenvalue weighted by Gasteiger charge is -2.15. The van der Waals surface area contributed by atoms with E-state index >= 15 is 0 Å². The van der Waals surface area contributed by atoms with Crippen LogP contribution in [0.25, 0.3) is 11.1 Å². The molecule has 34 heavy (non-hydrogen) atoms. The fourth-order valence-electron chi connectivity index (χ4n) is 3.17. The molecule has 0 aliphatic rings. The number of hydrogen-bond donors (Lipinski definition) is 2. The Labute approximate surface area is 191 Å². The van der Waals surface area contributed by atoms with Gasteiger partial charge in [-0.2, -0.15) is 18.3 Å². The van der Waals surface area contributed by atoms with E-state index in [0.29, 0.717) is 6.29 Å². The fourth-order valence-corrected chi connectivity index (χ4v) is 4.36. The lowest BCUT2D eigenvalue weighted by Crippen LogP contribution is -2.26. The number of carbonyl (C=O) groups excluding carboxylic acids is 1. The Bertz CT molecular complexity index is 1320. The zero-order chi connectivity index (χ0) is 25.1. The highest BCUT2D eigenvalue weighted by atomic mass is 32.2. The first kappa shape index (κ1) is 24.9. The number of rotatable bonds is 9. The van der Waals surface area contributed by atoms with E-state index in [9.17, 15) is 36.3 Å². The zero-order valence-electron chi connectivity index (χ0n) is 17.5. The molecule has 13 heteroatoms. The van der Waals surface area contributed by atoms with Crippen molar-refractivity contribution in [3.63, 3.8) is 0 Å². The maximum Gasteiger partial charge on any atom is 0.416 e. The topological polar surface area (TPSA) is 128 Å². The molecule has 3 rings (SSSR count). The van der Waals surface area contributed by atoms with Crippen LogP contribution in [0.15, 0.2) is 53.6 Å². The van der Waals surface area contributed by atoms with Crippen LogP contribution in [0.4, 0.5) is 13.2 Å². The van der Waals surface area contributed by atoms with Gasteiger partial charge in [0, 0.05) is 18.2 Å². The second-order valence-electron chi connectivity index (χ2n) is 6.94. The number of carboxylic acid groups (broad SMARTS) is 1. The maximum absolute atomic E-state index is 12.8. The number of aromatic carboxylic acids is 1. The van der Waals surface area contributed by atoms with Crippen molar-refractivity contribution in [2.75, 3.05) is 6.54 Å². The normalized spacial score (nSPS) is 11.9. The Morgan fingerprint density at radius 3 is 2.47 bits per heavy atom. The highest BCUT2D eigenvalue weighted by Gasteiger charge is 2.30. The summed E-state index contributed by atoms with van der Waals surface area (Å²) in [6.07, 6.45) is -2.91. The zero-order valence-corrected chi connectivity index (χ0v) is 18.4. The standard InChI is InChI=1S/C21H18F3N3O6S/c1-27-17(12-33-14-7-5-13(6-8-14)21(22,23)24)16(11-25-27)19-15(20(29)30)3-2-4-18(19)34(31,32)26-9-10-28/h2-8,10-11,26H,9,12H2,1H3,(H,29,30). The van der Waals surface area contributed by atoms with Crippen LogP contribution in [0.2, 0.25) is 0 Å². The molecule has 0 radical (unpaired) electrons. The molecule has 0 atom stereocenters. The minimum atomic E-state index is -4.51. The van der Waals surface area contributed by atoms with Gasteiger partial charge in [-0.3, -0.25) is 4.68 Å². The molecule has 0 amide bonds. The van der Waals surface area contributed by atoms with E-state index in [-0.39, 0.29) is 34.7 Å². The monoisotopic (exact) mass is 497 g/mol. The van der Waals surface area contributed by atoms with Crippen molar-refractivity contribution in [2.45, 2.75) is 17.7 Å². The minimum absolute atomic E-state index is 0.104. The predicted octanol–water partition coefficient (Wildman–Crippen LogP) is 2.86. The van der Waals surface area contributed by atoms with Crippen molar-refractivity contribution in [1.29, 1.82) is 0 Å². The van der Waals surface area contributed by atoms with Gasteiger partial charge in [-0.1, -0.05) is 6.07 Å². The molecule has 9 nitrogen and oxygen atoms in total. The predicted molar refractivity (Wildman–Crippen MR) is 113 cm³/mol. The molecule has 180 valence electrons. The Morgan fingerprint density at radius 2 is 1.88 bits per heavy atom. The van der Waals surface area contributed by atoms with Crippen LogP contribution >= 0.6 is 0 Å². The summed E-state index contributed by atoms with van der Waals surface area (Å²) in [6.45, 7) is -0.775. The lowest BCUT2D eigenvalue weighted by molar-refractivity contribution is -0.137. The molecule has 0 saturated carbocycles. The summed E-state index contributed by atoms with van der Waals surface area (Å²) in [5, 5.41) is 13.7. The number of aromatic nitrogens is 2. The van der Waals surface area contributed by atoms with Gasteiger partial charge in [-0.05, 0) is 36.4 Å².